The largest absolute Gasteiger partial charge is 0.493 e. The first-order valence-corrected chi connectivity index (χ1v) is 8.25. The van der Waals surface area contributed by atoms with Gasteiger partial charge in [0.2, 0.25) is 11.0 Å². The molecule has 7 heteroatoms. The number of hydrogen-bond acceptors (Lipinski definition) is 6. The van der Waals surface area contributed by atoms with Crippen LogP contribution in [0.5, 0.6) is 5.75 Å². The Bertz CT molecular complexity index is 696. The molecule has 1 aromatic heterocycles. The molecular weight excluding hydrogens is 312 g/mol. The van der Waals surface area contributed by atoms with Crippen molar-refractivity contribution in [2.45, 2.75) is 19.4 Å². The van der Waals surface area contributed by atoms with Crippen LogP contribution >= 0.6 is 11.3 Å². The fourth-order valence-corrected chi connectivity index (χ4v) is 2.85. The summed E-state index contributed by atoms with van der Waals surface area (Å²) in [7, 11) is 0. The second-order valence-electron chi connectivity index (χ2n) is 5.22. The maximum Gasteiger partial charge on any atom is 0.247 e. The third-order valence-electron chi connectivity index (χ3n) is 3.37. The number of hydrogen-bond donors (Lipinski definition) is 2. The zero-order valence-corrected chi connectivity index (χ0v) is 13.6. The Morgan fingerprint density at radius 1 is 1.39 bits per heavy atom. The van der Waals surface area contributed by atoms with Gasteiger partial charge in [-0.3, -0.25) is 15.4 Å². The molecule has 0 aliphatic carbocycles. The highest BCUT2D eigenvalue weighted by Gasteiger charge is 2.18. The standard InChI is InChI=1S/C16H18N4O2S/c1-11-4-6-12(7-5-11)22-10-8-14-19-20-16(23-14)18-15(21)13-3-2-9-17-13/h2-7,13,17H,8-10H2,1H3,(H,18,20,21)/t13-/m1/s1. The van der Waals surface area contributed by atoms with Gasteiger partial charge in [0.05, 0.1) is 6.61 Å². The molecule has 0 unspecified atom stereocenters. The lowest BCUT2D eigenvalue weighted by molar-refractivity contribution is -0.116. The number of benzene rings is 1. The predicted molar refractivity (Wildman–Crippen MR) is 89.8 cm³/mol. The second kappa shape index (κ2) is 7.34. The number of aromatic nitrogens is 2. The number of carbonyl (C=O) groups excluding carboxylic acids is 1. The molecule has 3 rings (SSSR count). The van der Waals surface area contributed by atoms with E-state index in [0.717, 1.165) is 17.3 Å². The van der Waals surface area contributed by atoms with Crippen LogP contribution in [0.3, 0.4) is 0 Å². The highest BCUT2D eigenvalue weighted by molar-refractivity contribution is 7.15. The number of nitrogens with one attached hydrogen (secondary N) is 2. The number of aryl methyl sites for hydroxylation is 1. The van der Waals surface area contributed by atoms with Gasteiger partial charge in [-0.05, 0) is 19.1 Å². The highest BCUT2D eigenvalue weighted by Crippen LogP contribution is 2.17. The van der Waals surface area contributed by atoms with Gasteiger partial charge in [0.25, 0.3) is 0 Å². The average Bonchev–Trinajstić information content (AvgIpc) is 3.21. The summed E-state index contributed by atoms with van der Waals surface area (Å²) in [5.41, 5.74) is 1.20. The van der Waals surface area contributed by atoms with Crippen molar-refractivity contribution < 1.29 is 9.53 Å². The molecule has 0 bridgehead atoms. The number of nitrogens with zero attached hydrogens (tertiary/aromatic N) is 2. The molecule has 1 aromatic carbocycles. The van der Waals surface area contributed by atoms with E-state index in [1.54, 1.807) is 0 Å². The molecule has 1 aliphatic rings. The first-order chi connectivity index (χ1) is 11.2. The van der Waals surface area contributed by atoms with Crippen LogP contribution in [-0.4, -0.2) is 35.3 Å². The molecule has 23 heavy (non-hydrogen) atoms. The van der Waals surface area contributed by atoms with Crippen molar-refractivity contribution in [1.82, 2.24) is 15.5 Å². The Kier molecular flexibility index (Phi) is 4.99. The Morgan fingerprint density at radius 3 is 2.96 bits per heavy atom. The zero-order chi connectivity index (χ0) is 16.1. The molecule has 0 saturated heterocycles. The Balaban J connectivity index is 1.46. The third kappa shape index (κ3) is 4.37. The number of amides is 1. The summed E-state index contributed by atoms with van der Waals surface area (Å²) in [4.78, 5) is 11.9. The van der Waals surface area contributed by atoms with E-state index in [9.17, 15) is 4.79 Å². The van der Waals surface area contributed by atoms with E-state index in [0.29, 0.717) is 18.2 Å². The summed E-state index contributed by atoms with van der Waals surface area (Å²) < 4.78 is 5.67. The molecule has 1 atom stereocenters. The van der Waals surface area contributed by atoms with Crippen LogP contribution in [0.1, 0.15) is 10.6 Å². The smallest absolute Gasteiger partial charge is 0.247 e. The first kappa shape index (κ1) is 15.6. The molecule has 1 amide bonds. The second-order valence-corrected chi connectivity index (χ2v) is 6.28. The minimum atomic E-state index is -0.285. The summed E-state index contributed by atoms with van der Waals surface area (Å²) in [6.45, 7) is 3.28. The fraction of sp³-hybridized carbons (Fsp3) is 0.312. The van der Waals surface area contributed by atoms with Crippen LogP contribution < -0.4 is 15.4 Å². The highest BCUT2D eigenvalue weighted by atomic mass is 32.1. The van der Waals surface area contributed by atoms with Crippen molar-refractivity contribution in [2.24, 2.45) is 0 Å². The Morgan fingerprint density at radius 2 is 2.22 bits per heavy atom. The topological polar surface area (TPSA) is 76.1 Å². The van der Waals surface area contributed by atoms with Crippen molar-refractivity contribution in [2.75, 3.05) is 18.5 Å². The third-order valence-corrected chi connectivity index (χ3v) is 4.27. The van der Waals surface area contributed by atoms with Gasteiger partial charge < -0.3 is 4.74 Å². The monoisotopic (exact) mass is 330 g/mol. The van der Waals surface area contributed by atoms with Crippen LogP contribution in [0, 0.1) is 6.92 Å². The number of ether oxygens (including phenoxy) is 1. The lowest BCUT2D eigenvalue weighted by Gasteiger charge is -2.07. The van der Waals surface area contributed by atoms with Gasteiger partial charge in [-0.25, -0.2) is 0 Å². The van der Waals surface area contributed by atoms with Gasteiger partial charge in [0, 0.05) is 13.0 Å². The molecule has 2 N–H and O–H groups in total. The van der Waals surface area contributed by atoms with Gasteiger partial charge in [-0.15, -0.1) is 10.2 Å². The summed E-state index contributed by atoms with van der Waals surface area (Å²) >= 11 is 1.37. The van der Waals surface area contributed by atoms with Crippen molar-refractivity contribution >= 4 is 22.4 Å². The molecule has 2 aromatic rings. The maximum absolute atomic E-state index is 11.9. The van der Waals surface area contributed by atoms with Crippen molar-refractivity contribution in [1.29, 1.82) is 0 Å². The van der Waals surface area contributed by atoms with Gasteiger partial charge >= 0.3 is 0 Å². The van der Waals surface area contributed by atoms with Crippen LogP contribution in [0.2, 0.25) is 0 Å². The minimum absolute atomic E-state index is 0.114. The molecular formula is C16H18N4O2S. The normalized spacial score (nSPS) is 16.5. The lowest BCUT2D eigenvalue weighted by Crippen LogP contribution is -2.35. The van der Waals surface area contributed by atoms with E-state index in [2.05, 4.69) is 20.8 Å². The van der Waals surface area contributed by atoms with Crippen LogP contribution in [0.25, 0.3) is 0 Å². The van der Waals surface area contributed by atoms with E-state index in [-0.39, 0.29) is 11.9 Å². The van der Waals surface area contributed by atoms with Crippen LogP contribution in [0.4, 0.5) is 5.13 Å². The van der Waals surface area contributed by atoms with E-state index >= 15 is 0 Å². The maximum atomic E-state index is 11.9. The van der Waals surface area contributed by atoms with Crippen LogP contribution in [-0.2, 0) is 11.2 Å². The molecule has 0 fully saturated rings. The van der Waals surface area contributed by atoms with E-state index in [1.165, 1.54) is 16.9 Å². The Hall–Kier alpha value is -2.25. The summed E-state index contributed by atoms with van der Waals surface area (Å²) in [5, 5.41) is 15.2. The van der Waals surface area contributed by atoms with Gasteiger partial charge in [0.15, 0.2) is 0 Å². The molecule has 0 spiro atoms. The molecule has 2 heterocycles. The van der Waals surface area contributed by atoms with Crippen molar-refractivity contribution in [3.8, 4) is 5.75 Å². The lowest BCUT2D eigenvalue weighted by atomic mass is 10.2. The summed E-state index contributed by atoms with van der Waals surface area (Å²) in [5.74, 6) is 0.727. The molecule has 6 nitrogen and oxygen atoms in total. The summed E-state index contributed by atoms with van der Waals surface area (Å²) in [6.07, 6.45) is 4.42. The number of carbonyl (C=O) groups is 1. The fourth-order valence-electron chi connectivity index (χ4n) is 2.13. The quantitative estimate of drug-likeness (QED) is 0.792. The van der Waals surface area contributed by atoms with E-state index in [4.69, 9.17) is 4.74 Å². The van der Waals surface area contributed by atoms with Crippen molar-refractivity contribution in [3.63, 3.8) is 0 Å². The van der Waals surface area contributed by atoms with Crippen molar-refractivity contribution in [3.05, 3.63) is 47.0 Å². The molecule has 1 aliphatic heterocycles. The van der Waals surface area contributed by atoms with E-state index < -0.39 is 0 Å². The SMILES string of the molecule is Cc1ccc(OCCc2nnc(NC(=O)[C@H]3C=CCN3)s2)cc1. The number of anilines is 1. The molecule has 0 radical (unpaired) electrons. The van der Waals surface area contributed by atoms with Crippen LogP contribution in [0.15, 0.2) is 36.4 Å². The average molecular weight is 330 g/mol. The van der Waals surface area contributed by atoms with Gasteiger partial charge in [-0.1, -0.05) is 41.2 Å². The molecule has 120 valence electrons. The Labute approximate surface area is 138 Å². The molecule has 0 saturated carbocycles. The number of rotatable bonds is 6. The van der Waals surface area contributed by atoms with Gasteiger partial charge in [-0.2, -0.15) is 0 Å². The van der Waals surface area contributed by atoms with Gasteiger partial charge in [0.1, 0.15) is 16.8 Å². The summed E-state index contributed by atoms with van der Waals surface area (Å²) in [6, 6.07) is 7.64. The van der Waals surface area contributed by atoms with E-state index in [1.807, 2.05) is 43.3 Å². The predicted octanol–water partition coefficient (Wildman–Crippen LogP) is 1.93. The minimum Gasteiger partial charge on any atom is -0.493 e. The first-order valence-electron chi connectivity index (χ1n) is 7.43. The zero-order valence-electron chi connectivity index (χ0n) is 12.8.